The highest BCUT2D eigenvalue weighted by Crippen LogP contribution is 2.00. The van der Waals surface area contributed by atoms with Crippen LogP contribution in [0.1, 0.15) is 12.0 Å². The third-order valence-electron chi connectivity index (χ3n) is 3.01. The molecule has 0 saturated heterocycles. The maximum absolute atomic E-state index is 11.9. The molecule has 9 nitrogen and oxygen atoms in total. The second-order valence-electron chi connectivity index (χ2n) is 4.81. The predicted octanol–water partition coefficient (Wildman–Crippen LogP) is -2.16. The Kier molecular flexibility index (Phi) is 5.03. The summed E-state index contributed by atoms with van der Waals surface area (Å²) >= 11 is 0. The number of aryl methyl sites for hydroxylation is 1. The van der Waals surface area contributed by atoms with Crippen LogP contribution in [0.15, 0.2) is 15.8 Å². The maximum atomic E-state index is 11.9. The number of amides is 1. The SMILES string of the molecule is CN(Cc1cn(C)c(=O)n(C)c1=O)C(=O)C(N)CC(=O)O. The lowest BCUT2D eigenvalue weighted by molar-refractivity contribution is -0.141. The highest BCUT2D eigenvalue weighted by atomic mass is 16.4. The molecule has 0 aliphatic carbocycles. The molecule has 3 N–H and O–H groups in total. The minimum atomic E-state index is -1.18. The Labute approximate surface area is 120 Å². The molecule has 0 aliphatic heterocycles. The van der Waals surface area contributed by atoms with E-state index in [0.717, 1.165) is 9.47 Å². The zero-order chi connectivity index (χ0) is 16.3. The quantitative estimate of drug-likeness (QED) is 0.637. The summed E-state index contributed by atoms with van der Waals surface area (Å²) < 4.78 is 2.16. The van der Waals surface area contributed by atoms with Gasteiger partial charge in [-0.25, -0.2) is 4.79 Å². The zero-order valence-corrected chi connectivity index (χ0v) is 12.1. The average molecular weight is 298 g/mol. The zero-order valence-electron chi connectivity index (χ0n) is 12.1. The van der Waals surface area contributed by atoms with Crippen LogP contribution in [0, 0.1) is 0 Å². The largest absolute Gasteiger partial charge is 0.481 e. The standard InChI is InChI=1S/C12H18N4O5/c1-14(11(20)8(13)4-9(17)18)5-7-6-15(2)12(21)16(3)10(7)19/h6,8H,4-5,13H2,1-3H3,(H,17,18). The van der Waals surface area contributed by atoms with Gasteiger partial charge in [-0.2, -0.15) is 0 Å². The molecule has 0 aromatic carbocycles. The normalized spacial score (nSPS) is 12.0. The Morgan fingerprint density at radius 3 is 2.48 bits per heavy atom. The first-order chi connectivity index (χ1) is 9.65. The van der Waals surface area contributed by atoms with Gasteiger partial charge in [0.1, 0.15) is 0 Å². The third kappa shape index (κ3) is 3.78. The van der Waals surface area contributed by atoms with E-state index in [9.17, 15) is 19.2 Å². The number of rotatable bonds is 5. The van der Waals surface area contributed by atoms with Crippen molar-refractivity contribution < 1.29 is 14.7 Å². The summed E-state index contributed by atoms with van der Waals surface area (Å²) in [5.41, 5.74) is 4.74. The molecule has 1 heterocycles. The summed E-state index contributed by atoms with van der Waals surface area (Å²) in [7, 11) is 4.24. The van der Waals surface area contributed by atoms with Crippen molar-refractivity contribution in [3.05, 3.63) is 32.6 Å². The van der Waals surface area contributed by atoms with Gasteiger partial charge in [0.2, 0.25) is 5.91 Å². The van der Waals surface area contributed by atoms with Gasteiger partial charge in [0, 0.05) is 27.3 Å². The molecule has 21 heavy (non-hydrogen) atoms. The van der Waals surface area contributed by atoms with Gasteiger partial charge >= 0.3 is 11.7 Å². The van der Waals surface area contributed by atoms with Crippen molar-refractivity contribution in [1.29, 1.82) is 0 Å². The van der Waals surface area contributed by atoms with Crippen molar-refractivity contribution in [2.24, 2.45) is 19.8 Å². The van der Waals surface area contributed by atoms with Gasteiger partial charge in [0.25, 0.3) is 5.56 Å². The Morgan fingerprint density at radius 2 is 1.95 bits per heavy atom. The van der Waals surface area contributed by atoms with Gasteiger partial charge in [-0.1, -0.05) is 0 Å². The molecule has 1 unspecified atom stereocenters. The van der Waals surface area contributed by atoms with Crippen molar-refractivity contribution in [1.82, 2.24) is 14.0 Å². The third-order valence-corrected chi connectivity index (χ3v) is 3.01. The van der Waals surface area contributed by atoms with E-state index in [2.05, 4.69) is 0 Å². The Balaban J connectivity index is 2.97. The number of aromatic nitrogens is 2. The number of likely N-dealkylation sites (N-methyl/N-ethyl adjacent to an activating group) is 1. The lowest BCUT2D eigenvalue weighted by Crippen LogP contribution is -2.45. The molecule has 0 fully saturated rings. The Bertz CT molecular complexity index is 675. The van der Waals surface area contributed by atoms with Crippen LogP contribution < -0.4 is 17.0 Å². The van der Waals surface area contributed by atoms with Crippen LogP contribution in [0.4, 0.5) is 0 Å². The van der Waals surface area contributed by atoms with Crippen LogP contribution in [-0.2, 0) is 30.2 Å². The van der Waals surface area contributed by atoms with Crippen molar-refractivity contribution in [3.63, 3.8) is 0 Å². The minimum absolute atomic E-state index is 0.0626. The first-order valence-electron chi connectivity index (χ1n) is 6.13. The van der Waals surface area contributed by atoms with E-state index in [0.29, 0.717) is 0 Å². The van der Waals surface area contributed by atoms with E-state index in [1.807, 2.05) is 0 Å². The topological polar surface area (TPSA) is 128 Å². The van der Waals surface area contributed by atoms with E-state index in [1.54, 1.807) is 0 Å². The summed E-state index contributed by atoms with van der Waals surface area (Å²) in [6.07, 6.45) is 0.853. The van der Waals surface area contributed by atoms with Gasteiger partial charge in [0.05, 0.1) is 24.6 Å². The molecule has 9 heteroatoms. The number of hydrogen-bond donors (Lipinski definition) is 2. The van der Waals surface area contributed by atoms with Gasteiger partial charge in [-0.05, 0) is 0 Å². The summed E-state index contributed by atoms with van der Waals surface area (Å²) in [5, 5.41) is 8.61. The molecule has 1 aromatic rings. The number of aliphatic carboxylic acids is 1. The van der Waals surface area contributed by atoms with Crippen molar-refractivity contribution in [2.45, 2.75) is 19.0 Å². The van der Waals surface area contributed by atoms with Gasteiger partial charge in [0.15, 0.2) is 0 Å². The fourth-order valence-corrected chi connectivity index (χ4v) is 1.88. The van der Waals surface area contributed by atoms with Crippen LogP contribution in [0.3, 0.4) is 0 Å². The van der Waals surface area contributed by atoms with Crippen LogP contribution in [0.2, 0.25) is 0 Å². The van der Waals surface area contributed by atoms with E-state index >= 15 is 0 Å². The molecule has 1 aromatic heterocycles. The smallest absolute Gasteiger partial charge is 0.330 e. The van der Waals surface area contributed by atoms with E-state index in [-0.39, 0.29) is 12.1 Å². The monoisotopic (exact) mass is 298 g/mol. The number of nitrogens with zero attached hydrogens (tertiary/aromatic N) is 3. The highest BCUT2D eigenvalue weighted by Gasteiger charge is 2.22. The van der Waals surface area contributed by atoms with E-state index in [1.165, 1.54) is 31.9 Å². The molecule has 116 valence electrons. The highest BCUT2D eigenvalue weighted by molar-refractivity contribution is 5.85. The summed E-state index contributed by atoms with van der Waals surface area (Å²) in [5.74, 6) is -1.77. The van der Waals surface area contributed by atoms with Crippen LogP contribution in [0.5, 0.6) is 0 Å². The Hall–Kier alpha value is -2.42. The van der Waals surface area contributed by atoms with Gasteiger partial charge in [-0.15, -0.1) is 0 Å². The molecule has 0 spiro atoms. The predicted molar refractivity (Wildman–Crippen MR) is 73.6 cm³/mol. The number of hydrogen-bond acceptors (Lipinski definition) is 5. The molecular weight excluding hydrogens is 280 g/mol. The molecular formula is C12H18N4O5. The number of carboxylic acid groups (broad SMARTS) is 1. The summed E-state index contributed by atoms with van der Waals surface area (Å²) in [6.45, 7) is -0.0626. The summed E-state index contributed by atoms with van der Waals surface area (Å²) in [6, 6.07) is -1.18. The van der Waals surface area contributed by atoms with Crippen LogP contribution in [-0.4, -0.2) is 44.1 Å². The molecule has 1 atom stereocenters. The fourth-order valence-electron chi connectivity index (χ4n) is 1.88. The molecule has 0 radical (unpaired) electrons. The lowest BCUT2D eigenvalue weighted by Gasteiger charge is -2.20. The number of carbonyl (C=O) groups is 2. The number of nitrogens with two attached hydrogens (primary N) is 1. The fraction of sp³-hybridized carbons (Fsp3) is 0.500. The second kappa shape index (κ2) is 6.35. The van der Waals surface area contributed by atoms with E-state index < -0.39 is 35.6 Å². The molecule has 1 amide bonds. The lowest BCUT2D eigenvalue weighted by atomic mass is 10.2. The Morgan fingerprint density at radius 1 is 1.38 bits per heavy atom. The van der Waals surface area contributed by atoms with Crippen molar-refractivity contribution in [2.75, 3.05) is 7.05 Å². The van der Waals surface area contributed by atoms with Crippen LogP contribution >= 0.6 is 0 Å². The molecule has 1 rings (SSSR count). The summed E-state index contributed by atoms with van der Waals surface area (Å²) in [4.78, 5) is 47.1. The van der Waals surface area contributed by atoms with Gasteiger partial charge < -0.3 is 20.3 Å². The van der Waals surface area contributed by atoms with Crippen LogP contribution in [0.25, 0.3) is 0 Å². The first kappa shape index (κ1) is 16.6. The first-order valence-corrected chi connectivity index (χ1v) is 6.13. The second-order valence-corrected chi connectivity index (χ2v) is 4.81. The molecule has 0 saturated carbocycles. The van der Waals surface area contributed by atoms with Crippen molar-refractivity contribution >= 4 is 11.9 Å². The van der Waals surface area contributed by atoms with Crippen molar-refractivity contribution in [3.8, 4) is 0 Å². The van der Waals surface area contributed by atoms with E-state index in [4.69, 9.17) is 10.8 Å². The molecule has 0 bridgehead atoms. The maximum Gasteiger partial charge on any atom is 0.330 e. The number of carboxylic acids is 1. The molecule has 0 aliphatic rings. The van der Waals surface area contributed by atoms with Gasteiger partial charge in [-0.3, -0.25) is 19.0 Å². The number of carbonyl (C=O) groups excluding carboxylic acids is 1. The minimum Gasteiger partial charge on any atom is -0.481 e. The average Bonchev–Trinajstić information content (AvgIpc) is 2.40.